The second-order valence-electron chi connectivity index (χ2n) is 3.67. The average molecular weight is 457 g/mol. The van der Waals surface area contributed by atoms with Crippen molar-refractivity contribution < 1.29 is 10.9 Å². The van der Waals surface area contributed by atoms with Crippen LogP contribution in [0.2, 0.25) is 0 Å². The van der Waals surface area contributed by atoms with Gasteiger partial charge in [0.2, 0.25) is 0 Å². The van der Waals surface area contributed by atoms with Crippen molar-refractivity contribution in [3.05, 3.63) is 0 Å². The van der Waals surface area contributed by atoms with Gasteiger partial charge in [0.1, 0.15) is 0 Å². The molecule has 0 bridgehead atoms. The molecule has 0 rings (SSSR count). The first-order valence-electron chi connectivity index (χ1n) is 6.60. The fourth-order valence-electron chi connectivity index (χ4n) is 1.50. The van der Waals surface area contributed by atoms with Crippen LogP contribution in [-0.4, -0.2) is 37.0 Å². The summed E-state index contributed by atoms with van der Waals surface area (Å²) in [5.41, 5.74) is 0. The molecular weight excluding hydrogens is 425 g/mol. The molecular formula is C12H32Br2NiP2+2. The molecule has 0 spiro atoms. The van der Waals surface area contributed by atoms with Crippen LogP contribution in [0.4, 0.5) is 0 Å². The molecule has 5 heteroatoms. The normalized spacial score (nSPS) is 9.76. The average Bonchev–Trinajstić information content (AvgIpc) is 2.35. The Balaban J connectivity index is -0.000000188. The first kappa shape index (κ1) is 24.3. The Kier molecular flexibility index (Phi) is 33.5. The van der Waals surface area contributed by atoms with Gasteiger partial charge in [0.05, 0.1) is 37.0 Å². The van der Waals surface area contributed by atoms with E-state index in [-0.39, 0.29) is 15.8 Å². The van der Waals surface area contributed by atoms with Crippen molar-refractivity contribution >= 4 is 44.3 Å². The van der Waals surface area contributed by atoms with E-state index in [0.717, 1.165) is 0 Å². The number of hydrogen-bond donors (Lipinski definition) is 0. The second-order valence-corrected chi connectivity index (χ2v) is 15.9. The van der Waals surface area contributed by atoms with Crippen LogP contribution in [0.15, 0.2) is 0 Å². The van der Waals surface area contributed by atoms with Gasteiger partial charge in [-0.1, -0.05) is 0 Å². The third-order valence-corrected chi connectivity index (χ3v) is 9.00. The summed E-state index contributed by atoms with van der Waals surface area (Å²) in [4.78, 5) is 0. The molecule has 0 aromatic rings. The van der Waals surface area contributed by atoms with Crippen molar-refractivity contribution in [1.82, 2.24) is 0 Å². The molecule has 17 heavy (non-hydrogen) atoms. The molecule has 0 aliphatic heterocycles. The summed E-state index contributed by atoms with van der Waals surface area (Å²) in [6, 6.07) is 0. The van der Waals surface area contributed by atoms with Crippen LogP contribution >= 0.6 is 44.3 Å². The SMILES string of the molecule is CC[PH+](CC)CC.CC[PH+](CC)CC.[Br][Ni][Br]. The van der Waals surface area contributed by atoms with Gasteiger partial charge in [0, 0.05) is 0 Å². The Hall–Kier alpha value is 2.31. The van der Waals surface area contributed by atoms with E-state index in [1.165, 1.54) is 47.9 Å². The van der Waals surface area contributed by atoms with Gasteiger partial charge in [-0.2, -0.15) is 0 Å². The molecule has 0 aromatic carbocycles. The van der Waals surface area contributed by atoms with E-state index in [9.17, 15) is 0 Å². The number of rotatable bonds is 6. The van der Waals surface area contributed by atoms with Crippen LogP contribution in [0.3, 0.4) is 0 Å². The predicted molar refractivity (Wildman–Crippen MR) is 97.7 cm³/mol. The Bertz CT molecular complexity index is 87.7. The van der Waals surface area contributed by atoms with Crippen molar-refractivity contribution in [2.24, 2.45) is 0 Å². The molecule has 0 aliphatic carbocycles. The summed E-state index contributed by atoms with van der Waals surface area (Å²) in [6.07, 6.45) is 8.74. The summed E-state index contributed by atoms with van der Waals surface area (Å²) in [6.45, 7) is 13.8. The van der Waals surface area contributed by atoms with Gasteiger partial charge in [-0.15, -0.1) is 0 Å². The van der Waals surface area contributed by atoms with Gasteiger partial charge < -0.3 is 0 Å². The predicted octanol–water partition coefficient (Wildman–Crippen LogP) is 6.21. The summed E-state index contributed by atoms with van der Waals surface area (Å²) in [7, 11) is 1.52. The van der Waals surface area contributed by atoms with E-state index in [0.29, 0.717) is 0 Å². The standard InChI is InChI=1S/2C6H15P.2BrH.Ni/c2*1-4-7(5-2)6-3;;;/h2*4-6H2,1-3H3;2*1H;/q;;;;+2. The Labute approximate surface area is 133 Å². The van der Waals surface area contributed by atoms with Gasteiger partial charge >= 0.3 is 39.3 Å². The monoisotopic (exact) mass is 454 g/mol. The topological polar surface area (TPSA) is 0 Å². The molecule has 0 nitrogen and oxygen atoms in total. The quantitative estimate of drug-likeness (QED) is 0.329. The molecule has 112 valence electrons. The van der Waals surface area contributed by atoms with E-state index in [2.05, 4.69) is 70.0 Å². The molecule has 0 aromatic heterocycles. The molecule has 0 N–H and O–H groups in total. The fourth-order valence-corrected chi connectivity index (χ4v) is 4.50. The van der Waals surface area contributed by atoms with Crippen LogP contribution in [0.25, 0.3) is 0 Å². The minimum absolute atomic E-state index is 0.137. The van der Waals surface area contributed by atoms with Crippen molar-refractivity contribution in [1.29, 1.82) is 0 Å². The first-order valence-corrected chi connectivity index (χ1v) is 15.7. The Morgan fingerprint density at radius 1 is 0.588 bits per heavy atom. The van der Waals surface area contributed by atoms with Crippen LogP contribution < -0.4 is 0 Å². The number of hydrogen-bond acceptors (Lipinski definition) is 0. The summed E-state index contributed by atoms with van der Waals surface area (Å²) in [5.74, 6) is 0. The molecule has 0 saturated heterocycles. The Morgan fingerprint density at radius 2 is 0.706 bits per heavy atom. The molecule has 0 fully saturated rings. The van der Waals surface area contributed by atoms with Crippen LogP contribution in [0, 0.1) is 0 Å². The van der Waals surface area contributed by atoms with Crippen molar-refractivity contribution in [2.75, 3.05) is 37.0 Å². The van der Waals surface area contributed by atoms with Crippen LogP contribution in [0.1, 0.15) is 41.5 Å². The van der Waals surface area contributed by atoms with E-state index < -0.39 is 0 Å². The van der Waals surface area contributed by atoms with Gasteiger partial charge in [-0.3, -0.25) is 0 Å². The third-order valence-electron chi connectivity index (χ3n) is 3.00. The van der Waals surface area contributed by atoms with Crippen molar-refractivity contribution in [3.8, 4) is 0 Å². The molecule has 0 heterocycles. The molecule has 0 radical (unpaired) electrons. The second kappa shape index (κ2) is 23.4. The molecule has 0 saturated carbocycles. The van der Waals surface area contributed by atoms with Gasteiger partial charge in [0.15, 0.2) is 0 Å². The zero-order chi connectivity index (χ0) is 14.1. The maximum absolute atomic E-state index is 3.00. The van der Waals surface area contributed by atoms with Crippen molar-refractivity contribution in [2.45, 2.75) is 41.5 Å². The van der Waals surface area contributed by atoms with E-state index in [4.69, 9.17) is 0 Å². The zero-order valence-electron chi connectivity index (χ0n) is 12.3. The summed E-state index contributed by atoms with van der Waals surface area (Å²) in [5, 5.41) is 0. The van der Waals surface area contributed by atoms with Crippen molar-refractivity contribution in [3.63, 3.8) is 0 Å². The van der Waals surface area contributed by atoms with Gasteiger partial charge in [-0.05, 0) is 57.4 Å². The molecule has 0 aliphatic rings. The van der Waals surface area contributed by atoms with Crippen LogP contribution in [0.5, 0.6) is 0 Å². The fraction of sp³-hybridized carbons (Fsp3) is 1.00. The van der Waals surface area contributed by atoms with E-state index >= 15 is 0 Å². The maximum atomic E-state index is 3.00. The van der Waals surface area contributed by atoms with E-state index in [1.807, 2.05) is 0 Å². The van der Waals surface area contributed by atoms with Gasteiger partial charge in [0.25, 0.3) is 0 Å². The third kappa shape index (κ3) is 23.8. The van der Waals surface area contributed by atoms with Gasteiger partial charge in [-0.25, -0.2) is 0 Å². The van der Waals surface area contributed by atoms with E-state index in [1.54, 1.807) is 0 Å². The summed E-state index contributed by atoms with van der Waals surface area (Å²) < 4.78 is 0. The van der Waals surface area contributed by atoms with Crippen LogP contribution in [-0.2, 0) is 10.9 Å². The molecule has 0 atom stereocenters. The molecule has 0 unspecified atom stereocenters. The Morgan fingerprint density at radius 3 is 0.706 bits per heavy atom. The minimum atomic E-state index is 0.137. The first-order chi connectivity index (χ1) is 8.11. The molecule has 0 amide bonds. The summed E-state index contributed by atoms with van der Waals surface area (Å²) >= 11 is 6.00. The zero-order valence-corrected chi connectivity index (χ0v) is 18.5. The number of halogens is 2.